The lowest BCUT2D eigenvalue weighted by Crippen LogP contribution is -2.26. The molecule has 0 radical (unpaired) electrons. The third kappa shape index (κ3) is 3.69. The Bertz CT molecular complexity index is 1520. The molecule has 2 N–H and O–H groups in total. The molecular formula is C26H24ClF2N5S. The highest BCUT2D eigenvalue weighted by Gasteiger charge is 2.30. The molecule has 5 rings (SSSR count). The molecule has 0 bridgehead atoms. The second-order valence-corrected chi connectivity index (χ2v) is 10.1. The van der Waals surface area contributed by atoms with Crippen molar-refractivity contribution in [3.05, 3.63) is 45.7 Å². The van der Waals surface area contributed by atoms with Gasteiger partial charge in [0, 0.05) is 30.5 Å². The highest BCUT2D eigenvalue weighted by Crippen LogP contribution is 2.47. The number of rotatable bonds is 5. The number of hydrogen-bond donors (Lipinski definition) is 1. The molecule has 0 aliphatic carbocycles. The third-order valence-electron chi connectivity index (χ3n) is 6.60. The number of aromatic nitrogens is 2. The van der Waals surface area contributed by atoms with E-state index in [2.05, 4.69) is 22.9 Å². The zero-order chi connectivity index (χ0) is 24.9. The van der Waals surface area contributed by atoms with Gasteiger partial charge in [-0.3, -0.25) is 0 Å². The van der Waals surface area contributed by atoms with Crippen molar-refractivity contribution >= 4 is 54.7 Å². The Kier molecular flexibility index (Phi) is 6.24. The fourth-order valence-electron chi connectivity index (χ4n) is 4.89. The van der Waals surface area contributed by atoms with E-state index in [9.17, 15) is 9.65 Å². The van der Waals surface area contributed by atoms with Crippen LogP contribution in [0.3, 0.4) is 0 Å². The van der Waals surface area contributed by atoms with E-state index in [-0.39, 0.29) is 36.8 Å². The first-order valence-corrected chi connectivity index (χ1v) is 13.0. The Morgan fingerprint density at radius 3 is 2.74 bits per heavy atom. The summed E-state index contributed by atoms with van der Waals surface area (Å²) < 4.78 is 31.3. The van der Waals surface area contributed by atoms with Crippen LogP contribution in [-0.4, -0.2) is 23.1 Å². The van der Waals surface area contributed by atoms with Gasteiger partial charge in [0.15, 0.2) is 5.82 Å². The minimum Gasteiger partial charge on any atom is -0.389 e. The zero-order valence-electron chi connectivity index (χ0n) is 19.5. The highest BCUT2D eigenvalue weighted by molar-refractivity contribution is 7.23. The van der Waals surface area contributed by atoms with Gasteiger partial charge in [-0.05, 0) is 36.5 Å². The van der Waals surface area contributed by atoms with Crippen molar-refractivity contribution in [1.29, 1.82) is 5.26 Å². The summed E-state index contributed by atoms with van der Waals surface area (Å²) in [7, 11) is 0. The van der Waals surface area contributed by atoms with Gasteiger partial charge in [0.2, 0.25) is 0 Å². The van der Waals surface area contributed by atoms with Crippen LogP contribution in [0.25, 0.3) is 32.1 Å². The van der Waals surface area contributed by atoms with E-state index in [4.69, 9.17) is 22.3 Å². The number of nitrogens with zero attached hydrogens (tertiary/aromatic N) is 4. The molecule has 1 aliphatic rings. The van der Waals surface area contributed by atoms with E-state index >= 15 is 4.39 Å². The van der Waals surface area contributed by atoms with Gasteiger partial charge in [-0.1, -0.05) is 37.9 Å². The van der Waals surface area contributed by atoms with Crippen molar-refractivity contribution in [3.8, 4) is 17.2 Å². The lowest BCUT2D eigenvalue weighted by molar-refractivity contribution is 0.637. The average Bonchev–Trinajstić information content (AvgIpc) is 3.09. The molecule has 0 saturated carbocycles. The summed E-state index contributed by atoms with van der Waals surface area (Å²) in [5.74, 6) is 0.172. The second-order valence-electron chi connectivity index (χ2n) is 8.72. The molecule has 0 atom stereocenters. The van der Waals surface area contributed by atoms with Crippen molar-refractivity contribution in [3.63, 3.8) is 0 Å². The number of anilines is 2. The van der Waals surface area contributed by atoms with E-state index in [1.807, 2.05) is 6.92 Å². The molecule has 0 spiro atoms. The Hall–Kier alpha value is -3.02. The number of hydrogen-bond acceptors (Lipinski definition) is 6. The molecule has 0 unspecified atom stereocenters. The van der Waals surface area contributed by atoms with Crippen LogP contribution >= 0.6 is 22.9 Å². The quantitative estimate of drug-likeness (QED) is 0.311. The molecule has 9 heteroatoms. The lowest BCUT2D eigenvalue weighted by atomic mass is 9.93. The molecule has 0 amide bonds. The van der Waals surface area contributed by atoms with Crippen molar-refractivity contribution in [2.75, 3.05) is 23.7 Å². The van der Waals surface area contributed by atoms with Crippen molar-refractivity contribution < 1.29 is 8.78 Å². The molecule has 5 nitrogen and oxygen atoms in total. The van der Waals surface area contributed by atoms with Crippen molar-refractivity contribution in [2.24, 2.45) is 0 Å². The van der Waals surface area contributed by atoms with E-state index < -0.39 is 11.6 Å². The minimum atomic E-state index is -0.592. The predicted octanol–water partition coefficient (Wildman–Crippen LogP) is 7.01. The van der Waals surface area contributed by atoms with Crippen LogP contribution in [-0.2, 0) is 12.8 Å². The summed E-state index contributed by atoms with van der Waals surface area (Å²) in [6.07, 6.45) is 4.06. The van der Waals surface area contributed by atoms with Gasteiger partial charge < -0.3 is 10.6 Å². The maximum atomic E-state index is 16.4. The van der Waals surface area contributed by atoms with Crippen LogP contribution in [0.4, 0.5) is 19.6 Å². The standard InChI is InChI=1S/C26H24ClF2N5S/c1-3-5-10-34-11-6-7-14-20-23(32-17(4-2)33-26(20)34)22(29)19(21(14)27)13-8-9-16(28)24-18(13)15(12-30)25(31)35-24/h8-9H,3-7,10-11,31H2,1-2H3. The molecule has 35 heavy (non-hydrogen) atoms. The third-order valence-corrected chi connectivity index (χ3v) is 8.05. The molecule has 1 aliphatic heterocycles. The second kappa shape index (κ2) is 9.21. The average molecular weight is 512 g/mol. The van der Waals surface area contributed by atoms with Crippen LogP contribution in [0.5, 0.6) is 0 Å². The van der Waals surface area contributed by atoms with Crippen LogP contribution in [0.15, 0.2) is 12.1 Å². The Labute approximate surface area is 211 Å². The number of aryl methyl sites for hydroxylation is 2. The van der Waals surface area contributed by atoms with Crippen LogP contribution < -0.4 is 10.6 Å². The van der Waals surface area contributed by atoms with Gasteiger partial charge in [-0.15, -0.1) is 11.3 Å². The number of nitriles is 1. The topological polar surface area (TPSA) is 78.8 Å². The van der Waals surface area contributed by atoms with Crippen LogP contribution in [0.1, 0.15) is 50.1 Å². The number of halogens is 3. The van der Waals surface area contributed by atoms with E-state index in [0.29, 0.717) is 29.6 Å². The van der Waals surface area contributed by atoms with Gasteiger partial charge >= 0.3 is 0 Å². The maximum Gasteiger partial charge on any atom is 0.158 e. The molecule has 0 fully saturated rings. The Morgan fingerprint density at radius 2 is 2.03 bits per heavy atom. The normalized spacial score (nSPS) is 13.4. The Morgan fingerprint density at radius 1 is 1.23 bits per heavy atom. The van der Waals surface area contributed by atoms with Gasteiger partial charge in [0.25, 0.3) is 0 Å². The molecule has 3 heterocycles. The first-order valence-electron chi connectivity index (χ1n) is 11.8. The molecule has 4 aromatic rings. The summed E-state index contributed by atoms with van der Waals surface area (Å²) in [6.45, 7) is 5.69. The summed E-state index contributed by atoms with van der Waals surface area (Å²) in [5.41, 5.74) is 7.62. The van der Waals surface area contributed by atoms with Crippen molar-refractivity contribution in [1.82, 2.24) is 9.97 Å². The first-order chi connectivity index (χ1) is 16.9. The number of unbranched alkanes of at least 4 members (excludes halogenated alkanes) is 1. The van der Waals surface area contributed by atoms with E-state index in [0.717, 1.165) is 55.1 Å². The molecule has 2 aromatic carbocycles. The smallest absolute Gasteiger partial charge is 0.158 e. The van der Waals surface area contributed by atoms with E-state index in [1.54, 1.807) is 0 Å². The van der Waals surface area contributed by atoms with Crippen LogP contribution in [0, 0.1) is 23.0 Å². The molecule has 0 saturated heterocycles. The summed E-state index contributed by atoms with van der Waals surface area (Å²) in [5, 5.41) is 11.1. The number of benzene rings is 2. The highest BCUT2D eigenvalue weighted by atomic mass is 35.5. The molecular weight excluding hydrogens is 488 g/mol. The number of nitrogen functional groups attached to an aromatic ring is 1. The molecule has 2 aromatic heterocycles. The van der Waals surface area contributed by atoms with Gasteiger partial charge in [-0.2, -0.15) is 5.26 Å². The first kappa shape index (κ1) is 23.7. The zero-order valence-corrected chi connectivity index (χ0v) is 21.1. The number of fused-ring (bicyclic) bond motifs is 1. The maximum absolute atomic E-state index is 16.4. The predicted molar refractivity (Wildman–Crippen MR) is 139 cm³/mol. The van der Waals surface area contributed by atoms with Crippen LogP contribution in [0.2, 0.25) is 5.02 Å². The van der Waals surface area contributed by atoms with Gasteiger partial charge in [0.1, 0.15) is 34.0 Å². The van der Waals surface area contributed by atoms with Gasteiger partial charge in [-0.25, -0.2) is 18.7 Å². The fraction of sp³-hybridized carbons (Fsp3) is 0.346. The number of nitrogens with two attached hydrogens (primary N) is 1. The van der Waals surface area contributed by atoms with E-state index in [1.165, 1.54) is 12.1 Å². The van der Waals surface area contributed by atoms with Gasteiger partial charge in [0.05, 0.1) is 20.7 Å². The summed E-state index contributed by atoms with van der Waals surface area (Å²) >= 11 is 7.93. The monoisotopic (exact) mass is 511 g/mol. The SMILES string of the molecule is CCCCN1CCCc2c(Cl)c(-c3ccc(F)c4sc(N)c(C#N)c34)c(F)c3nc(CC)nc1c23. The molecule has 180 valence electrons. The summed E-state index contributed by atoms with van der Waals surface area (Å²) in [4.78, 5) is 11.6. The number of thiophene rings is 1. The largest absolute Gasteiger partial charge is 0.389 e. The summed E-state index contributed by atoms with van der Waals surface area (Å²) in [6, 6.07) is 4.79. The fourth-order valence-corrected chi connectivity index (χ4v) is 6.22. The Balaban J connectivity index is 1.89. The van der Waals surface area contributed by atoms with Crippen molar-refractivity contribution in [2.45, 2.75) is 46.0 Å². The lowest BCUT2D eigenvalue weighted by Gasteiger charge is -2.24. The minimum absolute atomic E-state index is 0.127.